The van der Waals surface area contributed by atoms with Crippen LogP contribution in [0.2, 0.25) is 0 Å². The van der Waals surface area contributed by atoms with Crippen molar-refractivity contribution in [3.05, 3.63) is 0 Å². The average Bonchev–Trinajstić information content (AvgIpc) is 2.29. The van der Waals surface area contributed by atoms with Gasteiger partial charge in [-0.15, -0.1) is 0 Å². The normalized spacial score (nSPS) is 40.9. The van der Waals surface area contributed by atoms with Gasteiger partial charge in [0.25, 0.3) is 0 Å². The third-order valence-corrected chi connectivity index (χ3v) is 3.91. The van der Waals surface area contributed by atoms with Gasteiger partial charge in [0.15, 0.2) is 0 Å². The van der Waals surface area contributed by atoms with Crippen molar-refractivity contribution in [2.24, 2.45) is 10.8 Å². The Morgan fingerprint density at radius 3 is 2.27 bits per heavy atom. The Morgan fingerprint density at radius 1 is 1.27 bits per heavy atom. The lowest BCUT2D eigenvalue weighted by Gasteiger charge is -2.40. The number of hydrogen-bond donors (Lipinski definition) is 1. The molecular formula is C10H19N. The van der Waals surface area contributed by atoms with Gasteiger partial charge in [-0.3, -0.25) is 0 Å². The molecule has 1 saturated carbocycles. The van der Waals surface area contributed by atoms with Crippen LogP contribution in [0.3, 0.4) is 0 Å². The first kappa shape index (κ1) is 7.60. The molecule has 1 aliphatic heterocycles. The van der Waals surface area contributed by atoms with Crippen molar-refractivity contribution >= 4 is 0 Å². The third-order valence-electron chi connectivity index (χ3n) is 3.91. The molecule has 0 aromatic heterocycles. The molecule has 1 nitrogen and oxygen atoms in total. The Hall–Kier alpha value is -0.0400. The zero-order valence-electron chi connectivity index (χ0n) is 7.74. The summed E-state index contributed by atoms with van der Waals surface area (Å²) in [6.45, 7) is 7.39. The summed E-state index contributed by atoms with van der Waals surface area (Å²) in [5.41, 5.74) is 1.42. The SMILES string of the molecule is CCC1(C)CCC2(CNC2)C1. The van der Waals surface area contributed by atoms with Gasteiger partial charge in [0.05, 0.1) is 0 Å². The zero-order chi connectivity index (χ0) is 7.95. The van der Waals surface area contributed by atoms with Gasteiger partial charge in [0.2, 0.25) is 0 Å². The second-order valence-corrected chi connectivity index (χ2v) is 4.94. The number of nitrogens with one attached hydrogen (secondary N) is 1. The van der Waals surface area contributed by atoms with E-state index < -0.39 is 0 Å². The van der Waals surface area contributed by atoms with Gasteiger partial charge in [-0.1, -0.05) is 20.3 Å². The first-order chi connectivity index (χ1) is 5.18. The predicted molar refractivity (Wildman–Crippen MR) is 47.6 cm³/mol. The van der Waals surface area contributed by atoms with Gasteiger partial charge in [-0.2, -0.15) is 0 Å². The molecule has 0 bridgehead atoms. The van der Waals surface area contributed by atoms with Gasteiger partial charge in [-0.05, 0) is 30.1 Å². The molecule has 2 aliphatic rings. The molecule has 1 heterocycles. The van der Waals surface area contributed by atoms with Crippen LogP contribution in [0.4, 0.5) is 0 Å². The van der Waals surface area contributed by atoms with E-state index in [0.29, 0.717) is 5.41 Å². The van der Waals surface area contributed by atoms with E-state index in [2.05, 4.69) is 19.2 Å². The van der Waals surface area contributed by atoms with Crippen molar-refractivity contribution in [1.29, 1.82) is 0 Å². The van der Waals surface area contributed by atoms with E-state index in [4.69, 9.17) is 0 Å². The molecule has 1 N–H and O–H groups in total. The molecule has 1 spiro atoms. The summed E-state index contributed by atoms with van der Waals surface area (Å²) >= 11 is 0. The molecule has 1 aliphatic carbocycles. The van der Waals surface area contributed by atoms with Gasteiger partial charge in [-0.25, -0.2) is 0 Å². The van der Waals surface area contributed by atoms with Gasteiger partial charge in [0, 0.05) is 13.1 Å². The van der Waals surface area contributed by atoms with E-state index in [1.807, 2.05) is 0 Å². The molecule has 11 heavy (non-hydrogen) atoms. The Morgan fingerprint density at radius 2 is 2.00 bits per heavy atom. The largest absolute Gasteiger partial charge is 0.316 e. The van der Waals surface area contributed by atoms with Crippen LogP contribution in [0, 0.1) is 10.8 Å². The van der Waals surface area contributed by atoms with Crippen LogP contribution in [0.1, 0.15) is 39.5 Å². The topological polar surface area (TPSA) is 12.0 Å². The second-order valence-electron chi connectivity index (χ2n) is 4.94. The highest BCUT2D eigenvalue weighted by molar-refractivity contribution is 5.02. The highest BCUT2D eigenvalue weighted by Crippen LogP contribution is 2.52. The van der Waals surface area contributed by atoms with Crippen LogP contribution in [0.15, 0.2) is 0 Å². The summed E-state index contributed by atoms with van der Waals surface area (Å²) in [7, 11) is 0. The van der Waals surface area contributed by atoms with Crippen LogP contribution in [0.25, 0.3) is 0 Å². The fourth-order valence-corrected chi connectivity index (χ4v) is 2.73. The van der Waals surface area contributed by atoms with Gasteiger partial charge >= 0.3 is 0 Å². The van der Waals surface area contributed by atoms with Crippen molar-refractivity contribution < 1.29 is 0 Å². The fourth-order valence-electron chi connectivity index (χ4n) is 2.73. The van der Waals surface area contributed by atoms with Crippen molar-refractivity contribution in [2.75, 3.05) is 13.1 Å². The summed E-state index contributed by atoms with van der Waals surface area (Å²) in [6, 6.07) is 0. The lowest BCUT2D eigenvalue weighted by molar-refractivity contribution is 0.150. The number of rotatable bonds is 1. The van der Waals surface area contributed by atoms with Crippen LogP contribution >= 0.6 is 0 Å². The standard InChI is InChI=1S/C10H19N/c1-3-9(2)4-5-10(6-9)7-11-8-10/h11H,3-8H2,1-2H3. The highest BCUT2D eigenvalue weighted by Gasteiger charge is 2.47. The first-order valence-corrected chi connectivity index (χ1v) is 4.89. The Bertz CT molecular complexity index is 151. The summed E-state index contributed by atoms with van der Waals surface area (Å²) in [4.78, 5) is 0. The fraction of sp³-hybridized carbons (Fsp3) is 1.00. The minimum atomic E-state index is 0.683. The van der Waals surface area contributed by atoms with E-state index in [-0.39, 0.29) is 0 Å². The monoisotopic (exact) mass is 153 g/mol. The van der Waals surface area contributed by atoms with Crippen LogP contribution in [0.5, 0.6) is 0 Å². The third kappa shape index (κ3) is 1.10. The molecule has 0 aromatic carbocycles. The van der Waals surface area contributed by atoms with Crippen molar-refractivity contribution in [3.63, 3.8) is 0 Å². The lowest BCUT2D eigenvalue weighted by atomic mass is 9.75. The lowest BCUT2D eigenvalue weighted by Crippen LogP contribution is -2.52. The van der Waals surface area contributed by atoms with E-state index in [9.17, 15) is 0 Å². The van der Waals surface area contributed by atoms with Gasteiger partial charge in [0.1, 0.15) is 0 Å². The van der Waals surface area contributed by atoms with E-state index in [1.54, 1.807) is 0 Å². The highest BCUT2D eigenvalue weighted by atomic mass is 15.0. The molecule has 0 amide bonds. The molecule has 1 saturated heterocycles. The van der Waals surface area contributed by atoms with Crippen molar-refractivity contribution in [3.8, 4) is 0 Å². The molecule has 1 atom stereocenters. The Kier molecular flexibility index (Phi) is 1.54. The van der Waals surface area contributed by atoms with Crippen LogP contribution < -0.4 is 5.32 Å². The summed E-state index contributed by atoms with van der Waals surface area (Å²) in [5, 5.41) is 3.41. The Balaban J connectivity index is 2.02. The molecule has 0 radical (unpaired) electrons. The van der Waals surface area contributed by atoms with Crippen LogP contribution in [-0.4, -0.2) is 13.1 Å². The molecule has 1 unspecified atom stereocenters. The maximum atomic E-state index is 3.41. The minimum absolute atomic E-state index is 0.683. The maximum absolute atomic E-state index is 3.41. The predicted octanol–water partition coefficient (Wildman–Crippen LogP) is 2.18. The Labute approximate surface area is 69.6 Å². The smallest absolute Gasteiger partial charge is 0.00204 e. The maximum Gasteiger partial charge on any atom is 0.00204 e. The van der Waals surface area contributed by atoms with E-state index in [0.717, 1.165) is 5.41 Å². The minimum Gasteiger partial charge on any atom is -0.316 e. The van der Waals surface area contributed by atoms with Crippen molar-refractivity contribution in [2.45, 2.75) is 39.5 Å². The molecule has 1 heteroatoms. The quantitative estimate of drug-likeness (QED) is 0.609. The molecular weight excluding hydrogens is 134 g/mol. The average molecular weight is 153 g/mol. The van der Waals surface area contributed by atoms with E-state index in [1.165, 1.54) is 38.8 Å². The molecule has 2 fully saturated rings. The van der Waals surface area contributed by atoms with Crippen LogP contribution in [-0.2, 0) is 0 Å². The first-order valence-electron chi connectivity index (χ1n) is 4.89. The summed E-state index contributed by atoms with van der Waals surface area (Å²) in [5.74, 6) is 0. The van der Waals surface area contributed by atoms with E-state index >= 15 is 0 Å². The van der Waals surface area contributed by atoms with Gasteiger partial charge < -0.3 is 5.32 Å². The molecule has 0 aromatic rings. The van der Waals surface area contributed by atoms with Crippen molar-refractivity contribution in [1.82, 2.24) is 5.32 Å². The summed E-state index contributed by atoms with van der Waals surface area (Å²) in [6.07, 6.45) is 5.79. The molecule has 64 valence electrons. The number of hydrogen-bond acceptors (Lipinski definition) is 1. The second kappa shape index (κ2) is 2.22. The zero-order valence-corrected chi connectivity index (χ0v) is 7.74. The summed E-state index contributed by atoms with van der Waals surface area (Å²) < 4.78 is 0. The molecule has 2 rings (SSSR count).